The van der Waals surface area contributed by atoms with Crippen molar-refractivity contribution in [3.8, 4) is 0 Å². The molecule has 100 valence electrons. The van der Waals surface area contributed by atoms with Crippen molar-refractivity contribution in [2.45, 2.75) is 51.0 Å². The van der Waals surface area contributed by atoms with Gasteiger partial charge in [-0.3, -0.25) is 14.5 Å². The fourth-order valence-corrected chi connectivity index (χ4v) is 3.88. The Morgan fingerprint density at radius 1 is 0.944 bits per heavy atom. The maximum absolute atomic E-state index is 12.2. The molecule has 2 aliphatic carbocycles. The van der Waals surface area contributed by atoms with Crippen molar-refractivity contribution in [1.82, 2.24) is 4.90 Å². The number of imide groups is 1. The highest BCUT2D eigenvalue weighted by Crippen LogP contribution is 2.40. The van der Waals surface area contributed by atoms with Gasteiger partial charge in [0.05, 0.1) is 17.9 Å². The molecule has 1 saturated heterocycles. The van der Waals surface area contributed by atoms with Crippen LogP contribution < -0.4 is 0 Å². The van der Waals surface area contributed by atoms with Gasteiger partial charge in [0.2, 0.25) is 11.8 Å². The number of carbonyl (C=O) groups is 2. The van der Waals surface area contributed by atoms with Gasteiger partial charge >= 0.3 is 0 Å². The molecule has 0 spiro atoms. The van der Waals surface area contributed by atoms with Gasteiger partial charge in [0.1, 0.15) is 0 Å². The summed E-state index contributed by atoms with van der Waals surface area (Å²) in [7, 11) is 0. The van der Waals surface area contributed by atoms with Gasteiger partial charge in [-0.1, -0.05) is 19.3 Å². The molecule has 2 saturated carbocycles. The number of aliphatic hydroxyl groups excluding tert-OH is 1. The Labute approximate surface area is 107 Å². The van der Waals surface area contributed by atoms with Crippen molar-refractivity contribution in [2.24, 2.45) is 17.8 Å². The van der Waals surface area contributed by atoms with E-state index in [1.807, 2.05) is 0 Å². The molecule has 0 bridgehead atoms. The van der Waals surface area contributed by atoms with Crippen LogP contribution in [0.4, 0.5) is 0 Å². The Morgan fingerprint density at radius 3 is 2.17 bits per heavy atom. The second-order valence-corrected chi connectivity index (χ2v) is 6.04. The third-order valence-corrected chi connectivity index (χ3v) is 4.97. The fraction of sp³-hybridized carbons (Fsp3) is 0.857. The number of amides is 2. The molecule has 3 rings (SSSR count). The minimum atomic E-state index is -0.334. The minimum Gasteiger partial charge on any atom is -0.393 e. The van der Waals surface area contributed by atoms with Crippen LogP contribution in [0.25, 0.3) is 0 Å². The number of nitrogens with zero attached hydrogens (tertiary/aromatic N) is 1. The van der Waals surface area contributed by atoms with Crippen LogP contribution in [-0.4, -0.2) is 34.5 Å². The molecule has 0 aromatic carbocycles. The molecule has 1 heterocycles. The number of hydrogen-bond donors (Lipinski definition) is 1. The van der Waals surface area contributed by atoms with Gasteiger partial charge in [-0.15, -0.1) is 0 Å². The summed E-state index contributed by atoms with van der Waals surface area (Å²) in [4.78, 5) is 25.9. The lowest BCUT2D eigenvalue weighted by atomic mass is 9.86. The molecule has 3 aliphatic rings. The molecule has 0 aromatic heterocycles. The zero-order valence-corrected chi connectivity index (χ0v) is 10.7. The van der Waals surface area contributed by atoms with Crippen LogP contribution in [0.2, 0.25) is 0 Å². The third-order valence-electron chi connectivity index (χ3n) is 4.97. The standard InChI is InChI=1S/C14H21NO3/c16-12-7-2-1-4-9(12)8-15-13(17)10-5-3-6-11(10)14(15)18/h9-12,16H,1-8H2. The van der Waals surface area contributed by atoms with Gasteiger partial charge in [0.25, 0.3) is 0 Å². The lowest BCUT2D eigenvalue weighted by molar-refractivity contribution is -0.142. The molecule has 4 atom stereocenters. The largest absolute Gasteiger partial charge is 0.393 e. The maximum atomic E-state index is 12.2. The summed E-state index contributed by atoms with van der Waals surface area (Å²) in [6.45, 7) is 0.450. The highest BCUT2D eigenvalue weighted by Gasteiger charge is 2.50. The van der Waals surface area contributed by atoms with Crippen molar-refractivity contribution in [2.75, 3.05) is 6.54 Å². The van der Waals surface area contributed by atoms with E-state index in [1.165, 1.54) is 4.90 Å². The van der Waals surface area contributed by atoms with Crippen LogP contribution in [-0.2, 0) is 9.59 Å². The van der Waals surface area contributed by atoms with E-state index < -0.39 is 0 Å². The molecule has 4 nitrogen and oxygen atoms in total. The summed E-state index contributed by atoms with van der Waals surface area (Å²) in [5.41, 5.74) is 0. The van der Waals surface area contributed by atoms with Crippen LogP contribution in [0.3, 0.4) is 0 Å². The summed E-state index contributed by atoms with van der Waals surface area (Å²) >= 11 is 0. The first kappa shape index (κ1) is 12.2. The quantitative estimate of drug-likeness (QED) is 0.753. The van der Waals surface area contributed by atoms with Gasteiger partial charge in [-0.05, 0) is 25.7 Å². The second kappa shape index (κ2) is 4.65. The smallest absolute Gasteiger partial charge is 0.233 e. The SMILES string of the molecule is O=C1C2CCCC2C(=O)N1CC1CCCCC1O. The molecule has 3 fully saturated rings. The third kappa shape index (κ3) is 1.87. The highest BCUT2D eigenvalue weighted by molar-refractivity contribution is 6.05. The highest BCUT2D eigenvalue weighted by atomic mass is 16.3. The first-order valence-corrected chi connectivity index (χ1v) is 7.22. The Balaban J connectivity index is 1.69. The van der Waals surface area contributed by atoms with E-state index in [9.17, 15) is 14.7 Å². The van der Waals surface area contributed by atoms with Crippen LogP contribution in [0.5, 0.6) is 0 Å². The molecular formula is C14H21NO3. The second-order valence-electron chi connectivity index (χ2n) is 6.04. The number of fused-ring (bicyclic) bond motifs is 1. The van der Waals surface area contributed by atoms with Crippen LogP contribution in [0.15, 0.2) is 0 Å². The average Bonchev–Trinajstić information content (AvgIpc) is 2.92. The monoisotopic (exact) mass is 251 g/mol. The Morgan fingerprint density at radius 2 is 1.56 bits per heavy atom. The van der Waals surface area contributed by atoms with E-state index in [2.05, 4.69) is 0 Å². The molecule has 0 radical (unpaired) electrons. The topological polar surface area (TPSA) is 57.6 Å². The molecular weight excluding hydrogens is 230 g/mol. The Kier molecular flexibility index (Phi) is 3.14. The van der Waals surface area contributed by atoms with E-state index in [-0.39, 0.29) is 35.7 Å². The maximum Gasteiger partial charge on any atom is 0.233 e. The van der Waals surface area contributed by atoms with Crippen molar-refractivity contribution in [3.05, 3.63) is 0 Å². The predicted octanol–water partition coefficient (Wildman–Crippen LogP) is 1.32. The van der Waals surface area contributed by atoms with Crippen molar-refractivity contribution in [3.63, 3.8) is 0 Å². The van der Waals surface area contributed by atoms with Crippen molar-refractivity contribution >= 4 is 11.8 Å². The number of rotatable bonds is 2. The van der Waals surface area contributed by atoms with E-state index >= 15 is 0 Å². The Bertz CT molecular complexity index is 346. The van der Waals surface area contributed by atoms with Crippen LogP contribution in [0, 0.1) is 17.8 Å². The fourth-order valence-electron chi connectivity index (χ4n) is 3.88. The normalized spacial score (nSPS) is 40.4. The van der Waals surface area contributed by atoms with E-state index in [1.54, 1.807) is 0 Å². The van der Waals surface area contributed by atoms with Gasteiger partial charge in [-0.2, -0.15) is 0 Å². The number of aliphatic hydroxyl groups is 1. The molecule has 2 amide bonds. The summed E-state index contributed by atoms with van der Waals surface area (Å²) < 4.78 is 0. The summed E-state index contributed by atoms with van der Waals surface area (Å²) in [5, 5.41) is 9.96. The van der Waals surface area contributed by atoms with E-state index in [4.69, 9.17) is 0 Å². The lowest BCUT2D eigenvalue weighted by Gasteiger charge is -2.30. The minimum absolute atomic E-state index is 0.0280. The number of hydrogen-bond acceptors (Lipinski definition) is 3. The zero-order chi connectivity index (χ0) is 12.7. The summed E-state index contributed by atoms with van der Waals surface area (Å²) in [6.07, 6.45) is 6.33. The average molecular weight is 251 g/mol. The van der Waals surface area contributed by atoms with Gasteiger partial charge in [0.15, 0.2) is 0 Å². The number of likely N-dealkylation sites (tertiary alicyclic amines) is 1. The van der Waals surface area contributed by atoms with Crippen molar-refractivity contribution in [1.29, 1.82) is 0 Å². The molecule has 18 heavy (non-hydrogen) atoms. The molecule has 1 aliphatic heterocycles. The number of carbonyl (C=O) groups excluding carboxylic acids is 2. The zero-order valence-electron chi connectivity index (χ0n) is 10.7. The molecule has 4 unspecified atom stereocenters. The van der Waals surface area contributed by atoms with Crippen LogP contribution >= 0.6 is 0 Å². The predicted molar refractivity (Wildman–Crippen MR) is 65.5 cm³/mol. The van der Waals surface area contributed by atoms with E-state index in [0.29, 0.717) is 6.54 Å². The van der Waals surface area contributed by atoms with E-state index in [0.717, 1.165) is 44.9 Å². The van der Waals surface area contributed by atoms with Crippen LogP contribution in [0.1, 0.15) is 44.9 Å². The first-order chi connectivity index (χ1) is 8.68. The molecule has 4 heteroatoms. The van der Waals surface area contributed by atoms with Crippen molar-refractivity contribution < 1.29 is 14.7 Å². The van der Waals surface area contributed by atoms with Gasteiger partial charge < -0.3 is 5.11 Å². The summed E-state index contributed by atoms with van der Waals surface area (Å²) in [6, 6.07) is 0. The molecule has 1 N–H and O–H groups in total. The molecule has 0 aromatic rings. The summed E-state index contributed by atoms with van der Waals surface area (Å²) in [5.74, 6) is 0.0718. The Hall–Kier alpha value is -0.900. The van der Waals surface area contributed by atoms with Gasteiger partial charge in [0, 0.05) is 12.5 Å². The lowest BCUT2D eigenvalue weighted by Crippen LogP contribution is -2.40. The van der Waals surface area contributed by atoms with Gasteiger partial charge in [-0.25, -0.2) is 0 Å². The first-order valence-electron chi connectivity index (χ1n) is 7.22.